The largest absolute Gasteiger partial charge is 0.352 e. The van der Waals surface area contributed by atoms with Crippen LogP contribution in [0.5, 0.6) is 0 Å². The number of hydrogen-bond donors (Lipinski definition) is 2. The number of anilines is 1. The highest BCUT2D eigenvalue weighted by molar-refractivity contribution is 6.07. The van der Waals surface area contributed by atoms with Gasteiger partial charge in [-0.05, 0) is 48.1 Å². The van der Waals surface area contributed by atoms with Crippen molar-refractivity contribution in [2.75, 3.05) is 11.9 Å². The van der Waals surface area contributed by atoms with Gasteiger partial charge in [0.1, 0.15) is 12.0 Å². The maximum atomic E-state index is 13.4. The van der Waals surface area contributed by atoms with Gasteiger partial charge in [-0.25, -0.2) is 0 Å². The molecule has 1 aliphatic heterocycles. The Morgan fingerprint density at radius 1 is 0.824 bits per heavy atom. The first-order valence-electron chi connectivity index (χ1n) is 11.6. The van der Waals surface area contributed by atoms with Crippen molar-refractivity contribution in [2.45, 2.75) is 31.8 Å². The van der Waals surface area contributed by atoms with Gasteiger partial charge < -0.3 is 15.5 Å². The molecule has 0 spiro atoms. The van der Waals surface area contributed by atoms with Crippen molar-refractivity contribution in [3.05, 3.63) is 89.5 Å². The van der Waals surface area contributed by atoms with Crippen LogP contribution in [0.15, 0.2) is 72.8 Å². The van der Waals surface area contributed by atoms with E-state index in [9.17, 15) is 14.4 Å². The summed E-state index contributed by atoms with van der Waals surface area (Å²) in [5.74, 6) is -1.98. The minimum Gasteiger partial charge on any atom is -0.352 e. The number of fused-ring (bicyclic) bond motifs is 4. The third-order valence-electron chi connectivity index (χ3n) is 6.88. The molecule has 0 bridgehead atoms. The smallest absolute Gasteiger partial charge is 0.253 e. The molecule has 0 fully saturated rings. The number of nitrogens with zero attached hydrogens (tertiary/aromatic N) is 1. The molecule has 6 heteroatoms. The number of hydrogen-bond acceptors (Lipinski definition) is 3. The SMILES string of the molecule is CC(C(=O)NC1Cc2ccccc2C1)C(=O)NC1C(=O)N(C)c2ccccc2-c2ccccc21. The van der Waals surface area contributed by atoms with E-state index in [0.29, 0.717) is 0 Å². The average Bonchev–Trinajstić information content (AvgIpc) is 3.24. The first-order chi connectivity index (χ1) is 16.4. The fraction of sp³-hybridized carbons (Fsp3) is 0.250. The van der Waals surface area contributed by atoms with Crippen LogP contribution in [0.25, 0.3) is 11.1 Å². The molecule has 3 amide bonds. The molecule has 0 saturated carbocycles. The summed E-state index contributed by atoms with van der Waals surface area (Å²) in [7, 11) is 1.71. The molecule has 2 unspecified atom stereocenters. The summed E-state index contributed by atoms with van der Waals surface area (Å²) < 4.78 is 0. The number of amides is 3. The third-order valence-corrected chi connectivity index (χ3v) is 6.88. The fourth-order valence-corrected chi connectivity index (χ4v) is 4.95. The Labute approximate surface area is 199 Å². The molecular formula is C28H27N3O3. The Kier molecular flexibility index (Phi) is 5.65. The van der Waals surface area contributed by atoms with Crippen molar-refractivity contribution in [2.24, 2.45) is 5.92 Å². The van der Waals surface area contributed by atoms with Gasteiger partial charge in [-0.2, -0.15) is 0 Å². The Balaban J connectivity index is 1.34. The molecule has 0 radical (unpaired) electrons. The van der Waals surface area contributed by atoms with E-state index in [2.05, 4.69) is 22.8 Å². The van der Waals surface area contributed by atoms with Gasteiger partial charge in [-0.3, -0.25) is 14.4 Å². The van der Waals surface area contributed by atoms with Gasteiger partial charge in [-0.15, -0.1) is 0 Å². The van der Waals surface area contributed by atoms with Crippen molar-refractivity contribution in [3.8, 4) is 11.1 Å². The van der Waals surface area contributed by atoms with Crippen LogP contribution in [0.1, 0.15) is 29.7 Å². The Morgan fingerprint density at radius 2 is 1.38 bits per heavy atom. The molecule has 172 valence electrons. The van der Waals surface area contributed by atoms with E-state index < -0.39 is 17.9 Å². The first kappa shape index (κ1) is 21.9. The van der Waals surface area contributed by atoms with Crippen LogP contribution in [0, 0.1) is 5.92 Å². The van der Waals surface area contributed by atoms with E-state index in [0.717, 1.165) is 35.2 Å². The summed E-state index contributed by atoms with van der Waals surface area (Å²) >= 11 is 0. The lowest BCUT2D eigenvalue weighted by Gasteiger charge is -2.24. The highest BCUT2D eigenvalue weighted by atomic mass is 16.2. The predicted octanol–water partition coefficient (Wildman–Crippen LogP) is 3.41. The van der Waals surface area contributed by atoms with Crippen molar-refractivity contribution in [1.29, 1.82) is 0 Å². The average molecular weight is 454 g/mol. The lowest BCUT2D eigenvalue weighted by Crippen LogP contribution is -2.47. The van der Waals surface area contributed by atoms with Crippen LogP contribution in [-0.2, 0) is 27.2 Å². The van der Waals surface area contributed by atoms with Crippen LogP contribution in [0.2, 0.25) is 0 Å². The second-order valence-electron chi connectivity index (χ2n) is 9.05. The number of para-hydroxylation sites is 1. The van der Waals surface area contributed by atoms with E-state index in [1.54, 1.807) is 18.9 Å². The maximum Gasteiger partial charge on any atom is 0.253 e. The van der Waals surface area contributed by atoms with E-state index in [1.807, 2.05) is 60.7 Å². The molecule has 2 N–H and O–H groups in total. The maximum absolute atomic E-state index is 13.4. The number of benzene rings is 3. The van der Waals surface area contributed by atoms with Gasteiger partial charge in [0.25, 0.3) is 5.91 Å². The summed E-state index contributed by atoms with van der Waals surface area (Å²) in [5.41, 5.74) is 5.78. The lowest BCUT2D eigenvalue weighted by molar-refractivity contribution is -0.137. The van der Waals surface area contributed by atoms with Crippen molar-refractivity contribution in [3.63, 3.8) is 0 Å². The standard InChI is InChI=1S/C28H27N3O3/c1-17(26(32)29-20-15-18-9-3-4-10-19(18)16-20)27(33)30-25-23-13-6-5-11-21(23)22-12-7-8-14-24(22)31(2)28(25)34/h3-14,17,20,25H,15-16H2,1-2H3,(H,29,32)(H,30,33). The lowest BCUT2D eigenvalue weighted by atomic mass is 9.95. The topological polar surface area (TPSA) is 78.5 Å². The molecular weight excluding hydrogens is 426 g/mol. The minimum absolute atomic E-state index is 0.0268. The number of carbonyl (C=O) groups excluding carboxylic acids is 3. The molecule has 2 atom stereocenters. The summed E-state index contributed by atoms with van der Waals surface area (Å²) in [6, 6.07) is 22.5. The monoisotopic (exact) mass is 453 g/mol. The zero-order valence-corrected chi connectivity index (χ0v) is 19.2. The highest BCUT2D eigenvalue weighted by Crippen LogP contribution is 2.39. The van der Waals surface area contributed by atoms with Crippen LogP contribution in [0.4, 0.5) is 5.69 Å². The molecule has 0 aromatic heterocycles. The Morgan fingerprint density at radius 3 is 2.09 bits per heavy atom. The zero-order valence-electron chi connectivity index (χ0n) is 19.2. The molecule has 1 aliphatic carbocycles. The van der Waals surface area contributed by atoms with Crippen molar-refractivity contribution >= 4 is 23.4 Å². The van der Waals surface area contributed by atoms with Crippen molar-refractivity contribution < 1.29 is 14.4 Å². The molecule has 0 saturated heterocycles. The van der Waals surface area contributed by atoms with Gasteiger partial charge in [-0.1, -0.05) is 66.7 Å². The third kappa shape index (κ3) is 3.85. The van der Waals surface area contributed by atoms with Gasteiger partial charge in [0.05, 0.1) is 5.69 Å². The predicted molar refractivity (Wildman–Crippen MR) is 131 cm³/mol. The zero-order chi connectivity index (χ0) is 23.8. The molecule has 6 nitrogen and oxygen atoms in total. The molecule has 1 heterocycles. The summed E-state index contributed by atoms with van der Waals surface area (Å²) in [6.07, 6.45) is 1.52. The second kappa shape index (κ2) is 8.78. The van der Waals surface area contributed by atoms with E-state index >= 15 is 0 Å². The number of carbonyl (C=O) groups is 3. The first-order valence-corrected chi connectivity index (χ1v) is 11.6. The Bertz CT molecular complexity index is 1260. The van der Waals surface area contributed by atoms with Crippen LogP contribution in [-0.4, -0.2) is 30.8 Å². The van der Waals surface area contributed by atoms with Gasteiger partial charge in [0.15, 0.2) is 0 Å². The van der Waals surface area contributed by atoms with Crippen LogP contribution in [0.3, 0.4) is 0 Å². The Hall–Kier alpha value is -3.93. The summed E-state index contributed by atoms with van der Waals surface area (Å²) in [5, 5.41) is 5.88. The quantitative estimate of drug-likeness (QED) is 0.595. The normalized spacial score (nSPS) is 17.8. The number of rotatable bonds is 4. The number of nitrogens with one attached hydrogen (secondary N) is 2. The highest BCUT2D eigenvalue weighted by Gasteiger charge is 2.35. The van der Waals surface area contributed by atoms with E-state index in [1.165, 1.54) is 11.1 Å². The molecule has 3 aromatic carbocycles. The summed E-state index contributed by atoms with van der Waals surface area (Å²) in [6.45, 7) is 1.58. The molecule has 2 aliphatic rings. The van der Waals surface area contributed by atoms with Crippen LogP contribution < -0.4 is 15.5 Å². The molecule has 5 rings (SSSR count). The second-order valence-corrected chi connectivity index (χ2v) is 9.05. The van der Waals surface area contributed by atoms with E-state index in [4.69, 9.17) is 0 Å². The van der Waals surface area contributed by atoms with Gasteiger partial charge >= 0.3 is 0 Å². The number of likely N-dealkylation sites (N-methyl/N-ethyl adjacent to an activating group) is 1. The fourth-order valence-electron chi connectivity index (χ4n) is 4.95. The van der Waals surface area contributed by atoms with Crippen LogP contribution >= 0.6 is 0 Å². The van der Waals surface area contributed by atoms with E-state index in [-0.39, 0.29) is 17.9 Å². The van der Waals surface area contributed by atoms with Gasteiger partial charge in [0, 0.05) is 18.7 Å². The van der Waals surface area contributed by atoms with Crippen molar-refractivity contribution in [1.82, 2.24) is 10.6 Å². The molecule has 34 heavy (non-hydrogen) atoms. The minimum atomic E-state index is -0.931. The summed E-state index contributed by atoms with van der Waals surface area (Å²) in [4.78, 5) is 41.0. The van der Waals surface area contributed by atoms with Gasteiger partial charge in [0.2, 0.25) is 11.8 Å². The molecule has 3 aromatic rings.